The van der Waals surface area contributed by atoms with Crippen molar-refractivity contribution in [2.24, 2.45) is 16.8 Å². The van der Waals surface area contributed by atoms with E-state index in [2.05, 4.69) is 40.9 Å². The number of aromatic nitrogens is 4. The zero-order valence-electron chi connectivity index (χ0n) is 21.5. The molecule has 1 unspecified atom stereocenters. The molecule has 6 heterocycles. The number of carbonyl (C=O) groups is 1. The van der Waals surface area contributed by atoms with Gasteiger partial charge in [-0.3, -0.25) is 9.79 Å². The lowest BCUT2D eigenvalue weighted by atomic mass is 9.93. The van der Waals surface area contributed by atoms with Crippen LogP contribution in [0.3, 0.4) is 0 Å². The van der Waals surface area contributed by atoms with Gasteiger partial charge in [0.2, 0.25) is 17.6 Å². The van der Waals surface area contributed by atoms with Gasteiger partial charge in [-0.25, -0.2) is 9.97 Å². The molecule has 0 radical (unpaired) electrons. The predicted octanol–water partition coefficient (Wildman–Crippen LogP) is 5.17. The van der Waals surface area contributed by atoms with Crippen molar-refractivity contribution in [1.82, 2.24) is 19.9 Å². The number of allylic oxidation sites excluding steroid dienone is 1. The third kappa shape index (κ3) is 5.07. The molecule has 3 aromatic heterocycles. The van der Waals surface area contributed by atoms with Crippen molar-refractivity contribution in [3.8, 4) is 0 Å². The Labute approximate surface area is 234 Å². The second-order valence-corrected chi connectivity index (χ2v) is 10.7. The van der Waals surface area contributed by atoms with Gasteiger partial charge in [-0.15, -0.1) is 0 Å². The molecular formula is C28H26ClN9O2. The minimum absolute atomic E-state index is 0.0131. The Kier molecular flexibility index (Phi) is 6.27. The Morgan fingerprint density at radius 1 is 1.18 bits per heavy atom. The Hall–Kier alpha value is -4.51. The van der Waals surface area contributed by atoms with Crippen molar-refractivity contribution >= 4 is 64.1 Å². The number of amides is 1. The average Bonchev–Trinajstić information content (AvgIpc) is 3.36. The van der Waals surface area contributed by atoms with Crippen LogP contribution in [0.4, 0.5) is 29.2 Å². The highest BCUT2D eigenvalue weighted by molar-refractivity contribution is 6.32. The number of fused-ring (bicyclic) bond motifs is 7. The van der Waals surface area contributed by atoms with Gasteiger partial charge in [0, 0.05) is 67.0 Å². The van der Waals surface area contributed by atoms with Crippen LogP contribution in [0.5, 0.6) is 0 Å². The first-order chi connectivity index (χ1) is 19.6. The first kappa shape index (κ1) is 24.5. The first-order valence-corrected chi connectivity index (χ1v) is 13.6. The van der Waals surface area contributed by atoms with Crippen LogP contribution >= 0.6 is 11.6 Å². The molecular weight excluding hydrogens is 530 g/mol. The highest BCUT2D eigenvalue weighted by Gasteiger charge is 2.32. The van der Waals surface area contributed by atoms with Crippen molar-refractivity contribution in [2.75, 3.05) is 33.9 Å². The summed E-state index contributed by atoms with van der Waals surface area (Å²) in [5.74, 6) is 1.42. The van der Waals surface area contributed by atoms with Crippen LogP contribution in [0.25, 0.3) is 11.2 Å². The number of pyridine rings is 1. The number of nitrogens with one attached hydrogen (secondary N) is 3. The van der Waals surface area contributed by atoms with Gasteiger partial charge in [0.15, 0.2) is 5.82 Å². The van der Waals surface area contributed by atoms with E-state index in [9.17, 15) is 4.79 Å². The zero-order chi connectivity index (χ0) is 27.1. The summed E-state index contributed by atoms with van der Waals surface area (Å²) in [7, 11) is 0. The molecule has 1 aromatic carbocycles. The van der Waals surface area contributed by atoms with Gasteiger partial charge in [0.05, 0.1) is 6.20 Å². The molecule has 6 bridgehead atoms. The molecule has 1 amide bonds. The average molecular weight is 556 g/mol. The highest BCUT2D eigenvalue weighted by Crippen LogP contribution is 2.32. The summed E-state index contributed by atoms with van der Waals surface area (Å²) in [5, 5.41) is 10.1. The molecule has 4 aromatic rings. The molecule has 11 nitrogen and oxygen atoms in total. The van der Waals surface area contributed by atoms with Crippen LogP contribution < -0.4 is 20.9 Å². The van der Waals surface area contributed by atoms with E-state index in [1.165, 1.54) is 0 Å². The standard InChI is InChI=1S/C28H26ClN9O2/c29-21-13-32-27-34-20-8-16(11-30-12-20)3-4-18-10-19(33-25(21)37-27)5-6-22(18)35-24(39)9-17-14-38(15-17)28-36-23-2-1-7-31-26(23)40-28/h1-2,5-7,10-13,16-17H,3-4,8-9,14-15H2,(H,35,39)(H2,32,33,34,37). The number of oxazole rings is 1. The summed E-state index contributed by atoms with van der Waals surface area (Å²) in [6, 6.07) is 10.2. The molecule has 3 aliphatic rings. The number of nitrogens with zero attached hydrogens (tertiary/aromatic N) is 6. The number of halogens is 1. The summed E-state index contributed by atoms with van der Waals surface area (Å²) in [5.41, 5.74) is 4.88. The molecule has 1 fully saturated rings. The third-order valence-electron chi connectivity index (χ3n) is 7.31. The van der Waals surface area contributed by atoms with Gasteiger partial charge in [0.1, 0.15) is 10.5 Å². The lowest BCUT2D eigenvalue weighted by Crippen LogP contribution is -2.48. The van der Waals surface area contributed by atoms with Gasteiger partial charge >= 0.3 is 0 Å². The van der Waals surface area contributed by atoms with Crippen LogP contribution in [-0.2, 0) is 11.2 Å². The number of hydrogen-bond acceptors (Lipinski definition) is 10. The number of anilines is 5. The van der Waals surface area contributed by atoms with Crippen LogP contribution in [0.2, 0.25) is 5.02 Å². The summed E-state index contributed by atoms with van der Waals surface area (Å²) in [4.78, 5) is 37.1. The Balaban J connectivity index is 1.05. The maximum Gasteiger partial charge on any atom is 0.299 e. The lowest BCUT2D eigenvalue weighted by Gasteiger charge is -2.37. The van der Waals surface area contributed by atoms with Gasteiger partial charge < -0.3 is 25.3 Å². The molecule has 202 valence electrons. The van der Waals surface area contributed by atoms with E-state index in [1.807, 2.05) is 41.4 Å². The van der Waals surface area contributed by atoms with Crippen LogP contribution in [0, 0.1) is 11.8 Å². The van der Waals surface area contributed by atoms with Crippen LogP contribution in [0.1, 0.15) is 24.8 Å². The van der Waals surface area contributed by atoms with E-state index in [0.717, 1.165) is 47.4 Å². The maximum absolute atomic E-state index is 13.1. The van der Waals surface area contributed by atoms with Crippen molar-refractivity contribution in [1.29, 1.82) is 0 Å². The second-order valence-electron chi connectivity index (χ2n) is 10.3. The summed E-state index contributed by atoms with van der Waals surface area (Å²) >= 11 is 6.38. The summed E-state index contributed by atoms with van der Waals surface area (Å²) < 4.78 is 5.75. The predicted molar refractivity (Wildman–Crippen MR) is 154 cm³/mol. The van der Waals surface area contributed by atoms with E-state index in [1.54, 1.807) is 18.6 Å². The van der Waals surface area contributed by atoms with E-state index < -0.39 is 0 Å². The Morgan fingerprint density at radius 2 is 2.10 bits per heavy atom. The SMILES string of the molecule is O=C(CC1CN(c2nc3cccnc3o2)C1)Nc1ccc2cc1CCC1C=NC=C(C1)Nc1ncc(Cl)c(n1)N2. The van der Waals surface area contributed by atoms with E-state index in [0.29, 0.717) is 48.0 Å². The number of carbonyl (C=O) groups excluding carboxylic acids is 1. The molecule has 12 heteroatoms. The second kappa shape index (κ2) is 10.2. The fraction of sp³-hybridized carbons (Fsp3) is 0.286. The van der Waals surface area contributed by atoms with Crippen molar-refractivity contribution in [3.05, 3.63) is 65.2 Å². The summed E-state index contributed by atoms with van der Waals surface area (Å²) in [6.45, 7) is 1.42. The smallest absolute Gasteiger partial charge is 0.299 e. The topological polar surface area (TPSA) is 133 Å². The van der Waals surface area contributed by atoms with Crippen molar-refractivity contribution in [3.63, 3.8) is 0 Å². The molecule has 0 spiro atoms. The summed E-state index contributed by atoms with van der Waals surface area (Å²) in [6.07, 6.45) is 9.91. The molecule has 40 heavy (non-hydrogen) atoms. The number of hydrogen-bond donors (Lipinski definition) is 3. The third-order valence-corrected chi connectivity index (χ3v) is 7.59. The fourth-order valence-corrected chi connectivity index (χ4v) is 5.39. The van der Waals surface area contributed by atoms with Gasteiger partial charge in [-0.1, -0.05) is 11.6 Å². The van der Waals surface area contributed by atoms with Crippen molar-refractivity contribution < 1.29 is 9.21 Å². The van der Waals surface area contributed by atoms with E-state index in [-0.39, 0.29) is 17.7 Å². The molecule has 0 saturated carbocycles. The van der Waals surface area contributed by atoms with E-state index >= 15 is 0 Å². The first-order valence-electron chi connectivity index (χ1n) is 13.2. The molecule has 0 aliphatic carbocycles. The number of benzene rings is 1. The fourth-order valence-electron chi connectivity index (χ4n) is 5.25. The van der Waals surface area contributed by atoms with Crippen LogP contribution in [0.15, 0.2) is 64.0 Å². The minimum atomic E-state index is -0.0131. The molecule has 1 saturated heterocycles. The van der Waals surface area contributed by atoms with Crippen molar-refractivity contribution in [2.45, 2.75) is 25.7 Å². The lowest BCUT2D eigenvalue weighted by molar-refractivity contribution is -0.117. The normalized spacial score (nSPS) is 18.4. The molecule has 7 rings (SSSR count). The van der Waals surface area contributed by atoms with Gasteiger partial charge in [0.25, 0.3) is 6.01 Å². The minimum Gasteiger partial charge on any atom is -0.404 e. The maximum atomic E-state index is 13.1. The number of aliphatic imine (C=N–C) groups is 1. The highest BCUT2D eigenvalue weighted by atomic mass is 35.5. The molecule has 1 atom stereocenters. The van der Waals surface area contributed by atoms with Crippen LogP contribution in [-0.4, -0.2) is 45.1 Å². The molecule has 3 aliphatic heterocycles. The van der Waals surface area contributed by atoms with E-state index in [4.69, 9.17) is 16.0 Å². The quantitative estimate of drug-likeness (QED) is 0.312. The van der Waals surface area contributed by atoms with Gasteiger partial charge in [-0.2, -0.15) is 9.97 Å². The zero-order valence-corrected chi connectivity index (χ0v) is 22.2. The van der Waals surface area contributed by atoms with Gasteiger partial charge in [-0.05, 0) is 55.2 Å². The molecule has 3 N–H and O–H groups in total. The monoisotopic (exact) mass is 555 g/mol. The Morgan fingerprint density at radius 3 is 3.00 bits per heavy atom. The Bertz CT molecular complexity index is 1630. The number of rotatable bonds is 4. The largest absolute Gasteiger partial charge is 0.404 e. The number of aryl methyl sites for hydroxylation is 1.